The van der Waals surface area contributed by atoms with Gasteiger partial charge in [-0.1, -0.05) is 24.3 Å². The zero-order valence-corrected chi connectivity index (χ0v) is 17.0. The molecule has 0 spiro atoms. The number of fused-ring (bicyclic) bond motifs is 3. The number of nitrogens with two attached hydrogens (primary N) is 1. The van der Waals surface area contributed by atoms with E-state index >= 15 is 0 Å². The minimum atomic E-state index is -3.69. The van der Waals surface area contributed by atoms with Crippen LogP contribution in [-0.2, 0) is 14.8 Å². The molecule has 1 unspecified atom stereocenters. The molecule has 2 aromatic rings. The Bertz CT molecular complexity index is 938. The number of primary sulfonamides is 1. The number of anilines is 1. The highest BCUT2D eigenvalue weighted by Gasteiger charge is 2.38. The first-order valence-electron chi connectivity index (χ1n) is 9.17. The van der Waals surface area contributed by atoms with Crippen LogP contribution in [0.3, 0.4) is 0 Å². The third kappa shape index (κ3) is 4.38. The second-order valence-corrected chi connectivity index (χ2v) is 8.94. The maximum Gasteiger partial charge on any atom is 0.238 e. The molecular weight excluding hydrogens is 398 g/mol. The molecule has 1 amide bonds. The average Bonchev–Trinajstić information content (AvgIpc) is 2.69. The zero-order valence-electron chi connectivity index (χ0n) is 15.4. The summed E-state index contributed by atoms with van der Waals surface area (Å²) in [7, 11) is -3.69. The van der Waals surface area contributed by atoms with Gasteiger partial charge in [-0.2, -0.15) is 0 Å². The number of carbonyl (C=O) groups excluding carboxylic acids is 1. The molecule has 0 saturated carbocycles. The molecule has 6 nitrogen and oxygen atoms in total. The minimum absolute atomic E-state index is 0. The van der Waals surface area contributed by atoms with E-state index in [0.29, 0.717) is 5.92 Å². The second kappa shape index (κ2) is 8.21. The van der Waals surface area contributed by atoms with Gasteiger partial charge in [0, 0.05) is 12.2 Å². The van der Waals surface area contributed by atoms with Gasteiger partial charge in [0.1, 0.15) is 0 Å². The van der Waals surface area contributed by atoms with Gasteiger partial charge < -0.3 is 10.2 Å². The molecule has 3 aliphatic heterocycles. The van der Waals surface area contributed by atoms with E-state index in [-0.39, 0.29) is 29.1 Å². The number of halogens is 1. The SMILES string of the molecule is Cl.NS(=O)(=O)c1ccc(-c2ccc(NC(=O)C3CN4CCC3CC4)cc2)cc1. The maximum atomic E-state index is 12.6. The summed E-state index contributed by atoms with van der Waals surface area (Å²) in [5, 5.41) is 8.17. The summed E-state index contributed by atoms with van der Waals surface area (Å²) in [5.74, 6) is 0.694. The molecule has 3 aliphatic rings. The van der Waals surface area contributed by atoms with Crippen molar-refractivity contribution < 1.29 is 13.2 Å². The Morgan fingerprint density at radius 2 is 1.50 bits per heavy atom. The number of piperidine rings is 3. The Kier molecular flexibility index (Phi) is 6.09. The fourth-order valence-corrected chi connectivity index (χ4v) is 4.60. The molecule has 0 radical (unpaired) electrons. The van der Waals surface area contributed by atoms with E-state index in [4.69, 9.17) is 5.14 Å². The molecule has 0 aliphatic carbocycles. The van der Waals surface area contributed by atoms with Crippen molar-refractivity contribution >= 4 is 34.0 Å². The Balaban J connectivity index is 0.00000225. The van der Waals surface area contributed by atoms with E-state index in [2.05, 4.69) is 10.2 Å². The van der Waals surface area contributed by atoms with E-state index in [1.165, 1.54) is 12.1 Å². The summed E-state index contributed by atoms with van der Waals surface area (Å²) in [5.41, 5.74) is 2.61. The van der Waals surface area contributed by atoms with Crippen molar-refractivity contribution in [2.24, 2.45) is 17.0 Å². The van der Waals surface area contributed by atoms with Crippen molar-refractivity contribution in [2.45, 2.75) is 17.7 Å². The standard InChI is InChI=1S/C20H23N3O3S.ClH/c21-27(25,26)18-7-3-15(4-8-18)14-1-5-17(6-2-14)22-20(24)19-13-23-11-9-16(19)10-12-23;/h1-8,16,19H,9-13H2,(H,22,24)(H2,21,25,26);1H. The summed E-state index contributed by atoms with van der Waals surface area (Å²) >= 11 is 0. The molecule has 3 fully saturated rings. The average molecular weight is 422 g/mol. The number of rotatable bonds is 4. The first-order chi connectivity index (χ1) is 12.9. The number of carbonyl (C=O) groups is 1. The predicted molar refractivity (Wildman–Crippen MR) is 112 cm³/mol. The number of hydrogen-bond acceptors (Lipinski definition) is 4. The topological polar surface area (TPSA) is 92.5 Å². The third-order valence-corrected chi connectivity index (χ3v) is 6.59. The van der Waals surface area contributed by atoms with E-state index in [1.807, 2.05) is 24.3 Å². The largest absolute Gasteiger partial charge is 0.326 e. The molecule has 3 N–H and O–H groups in total. The minimum Gasteiger partial charge on any atom is -0.326 e. The van der Waals surface area contributed by atoms with Gasteiger partial charge in [-0.15, -0.1) is 12.4 Å². The van der Waals surface area contributed by atoms with Gasteiger partial charge in [0.25, 0.3) is 0 Å². The molecule has 3 heterocycles. The van der Waals surface area contributed by atoms with Gasteiger partial charge in [0.2, 0.25) is 15.9 Å². The molecular formula is C20H24ClN3O3S. The van der Waals surface area contributed by atoms with Gasteiger partial charge >= 0.3 is 0 Å². The van der Waals surface area contributed by atoms with E-state index in [0.717, 1.165) is 49.3 Å². The Morgan fingerprint density at radius 3 is 1.96 bits per heavy atom. The van der Waals surface area contributed by atoms with Gasteiger partial charge in [0.05, 0.1) is 10.8 Å². The highest BCUT2D eigenvalue weighted by Crippen LogP contribution is 2.33. The quantitative estimate of drug-likeness (QED) is 0.793. The molecule has 8 heteroatoms. The molecule has 150 valence electrons. The van der Waals surface area contributed by atoms with E-state index < -0.39 is 10.0 Å². The first-order valence-corrected chi connectivity index (χ1v) is 10.7. The molecule has 2 aromatic carbocycles. The van der Waals surface area contributed by atoms with Crippen molar-refractivity contribution in [3.63, 3.8) is 0 Å². The van der Waals surface area contributed by atoms with Crippen molar-refractivity contribution in [3.05, 3.63) is 48.5 Å². The highest BCUT2D eigenvalue weighted by molar-refractivity contribution is 7.89. The molecule has 0 aromatic heterocycles. The van der Waals surface area contributed by atoms with Crippen LogP contribution in [0.15, 0.2) is 53.4 Å². The van der Waals surface area contributed by atoms with Crippen LogP contribution in [0, 0.1) is 11.8 Å². The number of amides is 1. The molecule has 1 atom stereocenters. The zero-order chi connectivity index (χ0) is 19.0. The monoisotopic (exact) mass is 421 g/mol. The third-order valence-electron chi connectivity index (χ3n) is 5.66. The van der Waals surface area contributed by atoms with Crippen LogP contribution in [0.4, 0.5) is 5.69 Å². The summed E-state index contributed by atoms with van der Waals surface area (Å²) in [6, 6.07) is 14.0. The van der Waals surface area contributed by atoms with E-state index in [1.54, 1.807) is 12.1 Å². The van der Waals surface area contributed by atoms with Crippen molar-refractivity contribution in [1.29, 1.82) is 0 Å². The Labute approximate surface area is 171 Å². The van der Waals surface area contributed by atoms with Crippen LogP contribution < -0.4 is 10.5 Å². The first kappa shape index (κ1) is 20.8. The fourth-order valence-electron chi connectivity index (χ4n) is 4.08. The number of benzene rings is 2. The van der Waals surface area contributed by atoms with Crippen LogP contribution >= 0.6 is 12.4 Å². The van der Waals surface area contributed by atoms with Crippen LogP contribution in [-0.4, -0.2) is 38.9 Å². The second-order valence-electron chi connectivity index (χ2n) is 7.38. The summed E-state index contributed by atoms with van der Waals surface area (Å²) in [6.45, 7) is 3.10. The smallest absolute Gasteiger partial charge is 0.238 e. The fraction of sp³-hybridized carbons (Fsp3) is 0.350. The maximum absolute atomic E-state index is 12.6. The lowest BCUT2D eigenvalue weighted by atomic mass is 9.78. The molecule has 5 rings (SSSR count). The van der Waals surface area contributed by atoms with Gasteiger partial charge in [0.15, 0.2) is 0 Å². The molecule has 3 saturated heterocycles. The van der Waals surface area contributed by atoms with Crippen LogP contribution in [0.1, 0.15) is 12.8 Å². The number of hydrogen-bond donors (Lipinski definition) is 2. The van der Waals surface area contributed by atoms with Crippen LogP contribution in [0.2, 0.25) is 0 Å². The number of sulfonamides is 1. The molecule has 28 heavy (non-hydrogen) atoms. The molecule has 2 bridgehead atoms. The van der Waals surface area contributed by atoms with Crippen molar-refractivity contribution in [1.82, 2.24) is 4.90 Å². The Morgan fingerprint density at radius 1 is 0.964 bits per heavy atom. The van der Waals surface area contributed by atoms with E-state index in [9.17, 15) is 13.2 Å². The predicted octanol–water partition coefficient (Wildman–Crippen LogP) is 2.70. The van der Waals surface area contributed by atoms with Gasteiger partial charge in [-0.3, -0.25) is 4.79 Å². The lowest BCUT2D eigenvalue weighted by Gasteiger charge is -2.43. The van der Waals surface area contributed by atoms with Gasteiger partial charge in [-0.05, 0) is 67.2 Å². The van der Waals surface area contributed by atoms with Crippen molar-refractivity contribution in [2.75, 3.05) is 25.0 Å². The van der Waals surface area contributed by atoms with Gasteiger partial charge in [-0.25, -0.2) is 13.6 Å². The number of nitrogens with zero attached hydrogens (tertiary/aromatic N) is 1. The summed E-state index contributed by atoms with van der Waals surface area (Å²) in [6.07, 6.45) is 2.23. The highest BCUT2D eigenvalue weighted by atomic mass is 35.5. The summed E-state index contributed by atoms with van der Waals surface area (Å²) < 4.78 is 22.7. The lowest BCUT2D eigenvalue weighted by Crippen LogP contribution is -2.51. The Hall–Kier alpha value is -1.93. The summed E-state index contributed by atoms with van der Waals surface area (Å²) in [4.78, 5) is 15.1. The lowest BCUT2D eigenvalue weighted by molar-refractivity contribution is -0.125. The van der Waals surface area contributed by atoms with Crippen LogP contribution in [0.25, 0.3) is 11.1 Å². The van der Waals surface area contributed by atoms with Crippen LogP contribution in [0.5, 0.6) is 0 Å². The van der Waals surface area contributed by atoms with Crippen molar-refractivity contribution in [3.8, 4) is 11.1 Å². The normalized spacial score (nSPS) is 23.7. The number of nitrogens with one attached hydrogen (secondary N) is 1.